The molecule has 82 valence electrons. The Kier molecular flexibility index (Phi) is 4.19. The largest absolute Gasteiger partial charge is 0.411 e. The molecule has 0 saturated heterocycles. The third kappa shape index (κ3) is 5.64. The highest BCUT2D eigenvalue weighted by atomic mass is 19.4. The summed E-state index contributed by atoms with van der Waals surface area (Å²) in [6, 6.07) is 0.811. The lowest BCUT2D eigenvalue weighted by molar-refractivity contribution is -0.201. The van der Waals surface area contributed by atoms with Gasteiger partial charge in [0, 0.05) is 0 Å². The van der Waals surface area contributed by atoms with Crippen LogP contribution in [0, 0.1) is 17.2 Å². The number of rotatable bonds is 3. The number of nitrogens with zero attached hydrogens (tertiary/aromatic N) is 1. The van der Waals surface area contributed by atoms with Gasteiger partial charge < -0.3 is 4.74 Å². The smallest absolute Gasteiger partial charge is 0.370 e. The minimum absolute atomic E-state index is 0.811. The summed E-state index contributed by atoms with van der Waals surface area (Å²) in [6.07, 6.45) is -9.55. The Morgan fingerprint density at radius 1 is 1.14 bits per heavy atom. The first-order chi connectivity index (χ1) is 6.17. The van der Waals surface area contributed by atoms with Crippen LogP contribution in [0.1, 0.15) is 0 Å². The first kappa shape index (κ1) is 13.0. The maximum absolute atomic E-state index is 11.8. The van der Waals surface area contributed by atoms with Crippen molar-refractivity contribution in [3.05, 3.63) is 0 Å². The molecule has 0 aromatic heterocycles. The molecule has 1 unspecified atom stereocenters. The number of nitriles is 1. The van der Waals surface area contributed by atoms with Crippen molar-refractivity contribution >= 4 is 0 Å². The number of ether oxygens (including phenoxy) is 1. The lowest BCUT2D eigenvalue weighted by atomic mass is 10.2. The molecule has 0 radical (unpaired) electrons. The van der Waals surface area contributed by atoms with E-state index in [-0.39, 0.29) is 0 Å². The average Bonchev–Trinajstić information content (AvgIpc) is 1.93. The Morgan fingerprint density at radius 3 is 1.93 bits per heavy atom. The van der Waals surface area contributed by atoms with Gasteiger partial charge in [0.2, 0.25) is 0 Å². The zero-order chi connectivity index (χ0) is 11.4. The lowest BCUT2D eigenvalue weighted by Crippen LogP contribution is -2.28. The molecule has 0 rings (SSSR count). The van der Waals surface area contributed by atoms with E-state index in [2.05, 4.69) is 4.74 Å². The number of hydrogen-bond acceptors (Lipinski definition) is 2. The van der Waals surface area contributed by atoms with Crippen LogP contribution in [0.4, 0.5) is 26.3 Å². The van der Waals surface area contributed by atoms with Crippen LogP contribution >= 0.6 is 0 Å². The van der Waals surface area contributed by atoms with Crippen molar-refractivity contribution in [3.63, 3.8) is 0 Å². The van der Waals surface area contributed by atoms with Gasteiger partial charge in [0.05, 0.1) is 12.7 Å². The zero-order valence-corrected chi connectivity index (χ0v) is 6.61. The third-order valence-electron chi connectivity index (χ3n) is 1.10. The summed E-state index contributed by atoms with van der Waals surface area (Å²) in [4.78, 5) is 0. The van der Waals surface area contributed by atoms with Crippen molar-refractivity contribution < 1.29 is 31.1 Å². The Hall–Kier alpha value is -0.970. The standard InChI is InChI=1S/C6H5F6NO/c7-5(8,9)3-14-2-4(1-13)6(10,11)12/h4H,2-3H2. The van der Waals surface area contributed by atoms with Gasteiger partial charge in [0.15, 0.2) is 5.92 Å². The predicted molar refractivity (Wildman–Crippen MR) is 32.0 cm³/mol. The van der Waals surface area contributed by atoms with Crippen molar-refractivity contribution in [2.24, 2.45) is 5.92 Å². The monoisotopic (exact) mass is 221 g/mol. The van der Waals surface area contributed by atoms with Gasteiger partial charge in [-0.2, -0.15) is 31.6 Å². The second kappa shape index (κ2) is 4.50. The molecule has 0 saturated carbocycles. The molecule has 0 aromatic rings. The van der Waals surface area contributed by atoms with Crippen LogP contribution in [0.25, 0.3) is 0 Å². The van der Waals surface area contributed by atoms with Crippen LogP contribution in [0.2, 0.25) is 0 Å². The average molecular weight is 221 g/mol. The second-order valence-corrected chi connectivity index (χ2v) is 2.35. The van der Waals surface area contributed by atoms with E-state index in [4.69, 9.17) is 5.26 Å². The van der Waals surface area contributed by atoms with Gasteiger partial charge in [-0.15, -0.1) is 0 Å². The highest BCUT2D eigenvalue weighted by molar-refractivity contribution is 4.88. The molecule has 0 fully saturated rings. The van der Waals surface area contributed by atoms with Crippen LogP contribution in [-0.4, -0.2) is 25.6 Å². The van der Waals surface area contributed by atoms with Gasteiger partial charge in [-0.25, -0.2) is 0 Å². The van der Waals surface area contributed by atoms with Gasteiger partial charge in [-0.3, -0.25) is 0 Å². The van der Waals surface area contributed by atoms with E-state index in [1.165, 1.54) is 0 Å². The summed E-state index contributed by atoms with van der Waals surface area (Å²) in [6.45, 7) is -3.10. The summed E-state index contributed by atoms with van der Waals surface area (Å²) in [5, 5.41) is 7.96. The topological polar surface area (TPSA) is 33.0 Å². The van der Waals surface area contributed by atoms with E-state index in [1.54, 1.807) is 0 Å². The SMILES string of the molecule is N#CC(COCC(F)(F)F)C(F)(F)F. The molecule has 0 aliphatic rings. The normalized spacial score (nSPS) is 14.9. The van der Waals surface area contributed by atoms with Crippen molar-refractivity contribution in [3.8, 4) is 6.07 Å². The minimum Gasteiger partial charge on any atom is -0.370 e. The fourth-order valence-corrected chi connectivity index (χ4v) is 0.497. The summed E-state index contributed by atoms with van der Waals surface area (Å²) in [5.74, 6) is -2.52. The van der Waals surface area contributed by atoms with E-state index in [0.29, 0.717) is 0 Å². The molecule has 0 aromatic carbocycles. The van der Waals surface area contributed by atoms with Crippen molar-refractivity contribution in [2.45, 2.75) is 12.4 Å². The molecule has 0 aliphatic heterocycles. The van der Waals surface area contributed by atoms with Crippen LogP contribution in [0.3, 0.4) is 0 Å². The van der Waals surface area contributed by atoms with E-state index in [9.17, 15) is 26.3 Å². The molecule has 8 heteroatoms. The molecule has 0 bridgehead atoms. The molecule has 0 heterocycles. The molecule has 0 N–H and O–H groups in total. The molecular formula is C6H5F6NO. The fraction of sp³-hybridized carbons (Fsp3) is 0.833. The molecular weight excluding hydrogens is 216 g/mol. The van der Waals surface area contributed by atoms with Crippen LogP contribution in [0.5, 0.6) is 0 Å². The summed E-state index contributed by atoms with van der Waals surface area (Å²) < 4.78 is 73.2. The Bertz CT molecular complexity index is 214. The van der Waals surface area contributed by atoms with Crippen molar-refractivity contribution in [1.29, 1.82) is 5.26 Å². The third-order valence-corrected chi connectivity index (χ3v) is 1.10. The van der Waals surface area contributed by atoms with Gasteiger partial charge in [0.1, 0.15) is 6.61 Å². The molecule has 0 amide bonds. The van der Waals surface area contributed by atoms with Crippen LogP contribution in [-0.2, 0) is 4.74 Å². The number of halogens is 6. The Balaban J connectivity index is 3.95. The quantitative estimate of drug-likeness (QED) is 0.685. The van der Waals surface area contributed by atoms with Crippen LogP contribution < -0.4 is 0 Å². The minimum atomic E-state index is -4.86. The van der Waals surface area contributed by atoms with E-state index in [0.717, 1.165) is 6.07 Å². The number of alkyl halides is 6. The van der Waals surface area contributed by atoms with Gasteiger partial charge in [-0.05, 0) is 0 Å². The zero-order valence-electron chi connectivity index (χ0n) is 6.61. The maximum atomic E-state index is 11.8. The highest BCUT2D eigenvalue weighted by Crippen LogP contribution is 2.26. The molecule has 1 atom stereocenters. The van der Waals surface area contributed by atoms with Gasteiger partial charge in [-0.1, -0.05) is 0 Å². The number of hydrogen-bond donors (Lipinski definition) is 0. The van der Waals surface area contributed by atoms with E-state index in [1.807, 2.05) is 0 Å². The highest BCUT2D eigenvalue weighted by Gasteiger charge is 2.40. The predicted octanol–water partition coefficient (Wildman–Crippen LogP) is 2.27. The molecule has 0 aliphatic carbocycles. The second-order valence-electron chi connectivity index (χ2n) is 2.35. The Labute approximate surface area is 75.1 Å². The summed E-state index contributed by atoms with van der Waals surface area (Å²) in [5.41, 5.74) is 0. The molecule has 2 nitrogen and oxygen atoms in total. The van der Waals surface area contributed by atoms with Gasteiger partial charge in [0.25, 0.3) is 0 Å². The summed E-state index contributed by atoms with van der Waals surface area (Å²) in [7, 11) is 0. The van der Waals surface area contributed by atoms with E-state index < -0.39 is 31.5 Å². The van der Waals surface area contributed by atoms with E-state index >= 15 is 0 Å². The van der Waals surface area contributed by atoms with Crippen molar-refractivity contribution in [1.82, 2.24) is 0 Å². The van der Waals surface area contributed by atoms with Crippen molar-refractivity contribution in [2.75, 3.05) is 13.2 Å². The maximum Gasteiger partial charge on any atom is 0.411 e. The molecule has 0 spiro atoms. The van der Waals surface area contributed by atoms with Crippen LogP contribution in [0.15, 0.2) is 0 Å². The molecule has 14 heavy (non-hydrogen) atoms. The summed E-state index contributed by atoms with van der Waals surface area (Å²) >= 11 is 0. The first-order valence-electron chi connectivity index (χ1n) is 3.27. The first-order valence-corrected chi connectivity index (χ1v) is 3.27. The Morgan fingerprint density at radius 2 is 1.64 bits per heavy atom. The fourth-order valence-electron chi connectivity index (χ4n) is 0.497. The lowest BCUT2D eigenvalue weighted by Gasteiger charge is -2.14. The van der Waals surface area contributed by atoms with Gasteiger partial charge >= 0.3 is 12.4 Å².